The second-order valence-electron chi connectivity index (χ2n) is 7.47. The van der Waals surface area contributed by atoms with Crippen LogP contribution < -0.4 is 15.8 Å². The van der Waals surface area contributed by atoms with Crippen LogP contribution in [0.3, 0.4) is 0 Å². The Bertz CT molecular complexity index is 1270. The van der Waals surface area contributed by atoms with Gasteiger partial charge in [-0.15, -0.1) is 11.3 Å². The molecule has 0 unspecified atom stereocenters. The molecule has 34 heavy (non-hydrogen) atoms. The molecule has 0 aliphatic carbocycles. The standard InChI is InChI=1S/C22H24N4O7S/c1-2-26(10-12-3-4-14-13(9-12)20(30)25-17(11-27)23-14)18-7-6-16(34-18)21(31)24-15(22(32)33)5-8-19(28)29/h3-4,6-7,9,15,27H,2,5,8,10-11H2,1H3,(H,24,31)(H,28,29)(H,32,33)(H,23,25,30)/t15-/m1/s1. The first kappa shape index (κ1) is 24.9. The number of aromatic amines is 1. The molecule has 0 aliphatic rings. The van der Waals surface area contributed by atoms with Gasteiger partial charge >= 0.3 is 11.9 Å². The Labute approximate surface area is 197 Å². The van der Waals surface area contributed by atoms with Crippen LogP contribution in [0.25, 0.3) is 10.9 Å². The van der Waals surface area contributed by atoms with Crippen molar-refractivity contribution >= 4 is 45.1 Å². The Morgan fingerprint density at radius 1 is 1.21 bits per heavy atom. The molecule has 0 saturated carbocycles. The third-order valence-electron chi connectivity index (χ3n) is 5.10. The highest BCUT2D eigenvalue weighted by molar-refractivity contribution is 7.18. The fraction of sp³-hybridized carbons (Fsp3) is 0.318. The van der Waals surface area contributed by atoms with Gasteiger partial charge in [-0.2, -0.15) is 0 Å². The molecule has 0 spiro atoms. The molecule has 2 aromatic heterocycles. The number of hydrogen-bond donors (Lipinski definition) is 5. The number of rotatable bonds is 11. The van der Waals surface area contributed by atoms with E-state index in [2.05, 4.69) is 15.3 Å². The average Bonchev–Trinajstić information content (AvgIpc) is 3.30. The minimum Gasteiger partial charge on any atom is -0.481 e. The van der Waals surface area contributed by atoms with Crippen LogP contribution in [0.2, 0.25) is 0 Å². The van der Waals surface area contributed by atoms with Crippen molar-refractivity contribution < 1.29 is 29.7 Å². The molecule has 3 aromatic rings. The Hall–Kier alpha value is -3.77. The second kappa shape index (κ2) is 10.9. The zero-order valence-corrected chi connectivity index (χ0v) is 19.1. The number of carbonyl (C=O) groups is 3. The highest BCUT2D eigenvalue weighted by Crippen LogP contribution is 2.28. The summed E-state index contributed by atoms with van der Waals surface area (Å²) < 4.78 is 0. The molecule has 180 valence electrons. The molecule has 11 nitrogen and oxygen atoms in total. The Balaban J connectivity index is 1.74. The third kappa shape index (κ3) is 5.97. The number of nitrogens with zero attached hydrogens (tertiary/aromatic N) is 2. The zero-order chi connectivity index (χ0) is 24.8. The van der Waals surface area contributed by atoms with Crippen molar-refractivity contribution in [3.8, 4) is 0 Å². The highest BCUT2D eigenvalue weighted by Gasteiger charge is 2.23. The van der Waals surface area contributed by atoms with E-state index >= 15 is 0 Å². The number of anilines is 1. The molecule has 0 aliphatic heterocycles. The number of fused-ring (bicyclic) bond motifs is 1. The van der Waals surface area contributed by atoms with Crippen LogP contribution >= 0.6 is 11.3 Å². The first-order valence-electron chi connectivity index (χ1n) is 10.4. The van der Waals surface area contributed by atoms with Gasteiger partial charge in [-0.25, -0.2) is 9.78 Å². The third-order valence-corrected chi connectivity index (χ3v) is 6.25. The highest BCUT2D eigenvalue weighted by atomic mass is 32.1. The Morgan fingerprint density at radius 2 is 1.97 bits per heavy atom. The normalized spacial score (nSPS) is 11.8. The fourth-order valence-electron chi connectivity index (χ4n) is 3.35. The molecule has 5 N–H and O–H groups in total. The van der Waals surface area contributed by atoms with E-state index in [0.717, 1.165) is 10.6 Å². The summed E-state index contributed by atoms with van der Waals surface area (Å²) in [5.41, 5.74) is 0.980. The van der Waals surface area contributed by atoms with Gasteiger partial charge in [-0.3, -0.25) is 14.4 Å². The summed E-state index contributed by atoms with van der Waals surface area (Å²) in [6.07, 6.45) is -0.590. The van der Waals surface area contributed by atoms with E-state index in [-0.39, 0.29) is 30.8 Å². The van der Waals surface area contributed by atoms with E-state index in [1.165, 1.54) is 11.3 Å². The van der Waals surface area contributed by atoms with Gasteiger partial charge in [0.25, 0.3) is 11.5 Å². The predicted molar refractivity (Wildman–Crippen MR) is 125 cm³/mol. The lowest BCUT2D eigenvalue weighted by Crippen LogP contribution is -2.40. The van der Waals surface area contributed by atoms with E-state index in [9.17, 15) is 29.4 Å². The Kier molecular flexibility index (Phi) is 7.97. The molecule has 1 aromatic carbocycles. The molecule has 2 heterocycles. The van der Waals surface area contributed by atoms with Gasteiger partial charge in [0.1, 0.15) is 18.5 Å². The summed E-state index contributed by atoms with van der Waals surface area (Å²) in [5, 5.41) is 30.8. The minimum atomic E-state index is -1.30. The number of carbonyl (C=O) groups excluding carboxylic acids is 1. The van der Waals surface area contributed by atoms with Gasteiger partial charge in [0.05, 0.1) is 20.8 Å². The summed E-state index contributed by atoms with van der Waals surface area (Å²) in [4.78, 5) is 55.9. The topological polar surface area (TPSA) is 173 Å². The van der Waals surface area contributed by atoms with Crippen LogP contribution in [0.5, 0.6) is 0 Å². The maximum Gasteiger partial charge on any atom is 0.326 e. The van der Waals surface area contributed by atoms with E-state index in [4.69, 9.17) is 5.11 Å². The van der Waals surface area contributed by atoms with Gasteiger partial charge in [0, 0.05) is 19.5 Å². The van der Waals surface area contributed by atoms with Crippen LogP contribution in [0.4, 0.5) is 5.00 Å². The number of amides is 1. The van der Waals surface area contributed by atoms with Crippen molar-refractivity contribution in [1.82, 2.24) is 15.3 Å². The number of aliphatic hydroxyl groups is 1. The first-order chi connectivity index (χ1) is 16.2. The van der Waals surface area contributed by atoms with Crippen LogP contribution in [-0.2, 0) is 22.7 Å². The van der Waals surface area contributed by atoms with Crippen molar-refractivity contribution in [1.29, 1.82) is 0 Å². The number of aliphatic carboxylic acids is 2. The van der Waals surface area contributed by atoms with E-state index in [1.54, 1.807) is 24.3 Å². The lowest BCUT2D eigenvalue weighted by Gasteiger charge is -2.21. The van der Waals surface area contributed by atoms with Gasteiger partial charge < -0.3 is 30.5 Å². The molecule has 12 heteroatoms. The first-order valence-corrected chi connectivity index (χ1v) is 11.3. The van der Waals surface area contributed by atoms with E-state index < -0.39 is 23.9 Å². The van der Waals surface area contributed by atoms with Crippen molar-refractivity contribution in [2.75, 3.05) is 11.4 Å². The van der Waals surface area contributed by atoms with Crippen molar-refractivity contribution in [2.45, 2.75) is 39.0 Å². The van der Waals surface area contributed by atoms with Crippen molar-refractivity contribution in [3.63, 3.8) is 0 Å². The largest absolute Gasteiger partial charge is 0.481 e. The molecule has 1 amide bonds. The maximum absolute atomic E-state index is 12.5. The lowest BCUT2D eigenvalue weighted by molar-refractivity contribution is -0.140. The summed E-state index contributed by atoms with van der Waals surface area (Å²) in [6, 6.07) is 7.31. The second-order valence-corrected chi connectivity index (χ2v) is 8.53. The number of carboxylic acids is 2. The molecule has 0 bridgehead atoms. The molecule has 0 radical (unpaired) electrons. The van der Waals surface area contributed by atoms with Crippen LogP contribution in [-0.4, -0.2) is 55.7 Å². The number of aromatic nitrogens is 2. The van der Waals surface area contributed by atoms with Gasteiger partial charge in [0.15, 0.2) is 0 Å². The van der Waals surface area contributed by atoms with Gasteiger partial charge in [0.2, 0.25) is 0 Å². The zero-order valence-electron chi connectivity index (χ0n) is 18.3. The van der Waals surface area contributed by atoms with Crippen LogP contribution in [0.15, 0.2) is 35.1 Å². The van der Waals surface area contributed by atoms with Crippen LogP contribution in [0, 0.1) is 0 Å². The van der Waals surface area contributed by atoms with Crippen molar-refractivity contribution in [3.05, 3.63) is 57.0 Å². The predicted octanol–water partition coefficient (Wildman–Crippen LogP) is 1.55. The molecular formula is C22H24N4O7S. The molecule has 0 saturated heterocycles. The summed E-state index contributed by atoms with van der Waals surface area (Å²) >= 11 is 1.18. The number of carboxylic acid groups (broad SMARTS) is 2. The van der Waals surface area contributed by atoms with E-state index in [1.807, 2.05) is 17.9 Å². The number of H-pyrrole nitrogens is 1. The van der Waals surface area contributed by atoms with E-state index in [0.29, 0.717) is 28.9 Å². The fourth-order valence-corrected chi connectivity index (χ4v) is 4.32. The molecule has 1 atom stereocenters. The number of hydrogen-bond acceptors (Lipinski definition) is 8. The molecule has 3 rings (SSSR count). The Morgan fingerprint density at radius 3 is 2.62 bits per heavy atom. The SMILES string of the molecule is CCN(Cc1ccc2nc(CO)[nH]c(=O)c2c1)c1ccc(C(=O)N[C@H](CCC(=O)O)C(=O)O)s1. The smallest absolute Gasteiger partial charge is 0.326 e. The number of thiophene rings is 1. The van der Waals surface area contributed by atoms with Gasteiger partial charge in [-0.1, -0.05) is 6.07 Å². The monoisotopic (exact) mass is 488 g/mol. The lowest BCUT2D eigenvalue weighted by atomic mass is 10.1. The molecular weight excluding hydrogens is 464 g/mol. The van der Waals surface area contributed by atoms with Crippen LogP contribution in [0.1, 0.15) is 40.8 Å². The summed E-state index contributed by atoms with van der Waals surface area (Å²) in [6.45, 7) is 2.63. The summed E-state index contributed by atoms with van der Waals surface area (Å²) in [5.74, 6) is -2.84. The van der Waals surface area contributed by atoms with Crippen molar-refractivity contribution in [2.24, 2.45) is 0 Å². The maximum atomic E-state index is 12.5. The average molecular weight is 489 g/mol. The van der Waals surface area contributed by atoms with Gasteiger partial charge in [-0.05, 0) is 43.2 Å². The quantitative estimate of drug-likeness (QED) is 0.268. The summed E-state index contributed by atoms with van der Waals surface area (Å²) in [7, 11) is 0. The number of benzene rings is 1. The number of nitrogens with one attached hydrogen (secondary N) is 2. The number of aliphatic hydroxyl groups excluding tert-OH is 1. The minimum absolute atomic E-state index is 0.193. The molecule has 0 fully saturated rings.